The number of hydrogen-bond donors (Lipinski definition) is 0. The second kappa shape index (κ2) is 3.74. The van der Waals surface area contributed by atoms with Gasteiger partial charge in [0, 0.05) is 6.07 Å². The number of fused-ring (bicyclic) bond motifs is 1. The Hall–Kier alpha value is -0.810. The van der Waals surface area contributed by atoms with Crippen molar-refractivity contribution in [2.24, 2.45) is 0 Å². The highest BCUT2D eigenvalue weighted by molar-refractivity contribution is 9.10. The summed E-state index contributed by atoms with van der Waals surface area (Å²) in [6.07, 6.45) is 1.65. The van der Waals surface area contributed by atoms with Crippen molar-refractivity contribution in [3.05, 3.63) is 22.0 Å². The van der Waals surface area contributed by atoms with Gasteiger partial charge in [0.25, 0.3) is 0 Å². The van der Waals surface area contributed by atoms with Gasteiger partial charge in [0.15, 0.2) is 16.5 Å². The van der Waals surface area contributed by atoms with Crippen molar-refractivity contribution in [2.75, 3.05) is 6.61 Å². The van der Waals surface area contributed by atoms with Crippen LogP contribution in [0.5, 0.6) is 5.75 Å². The van der Waals surface area contributed by atoms with Crippen LogP contribution < -0.4 is 4.74 Å². The highest BCUT2D eigenvalue weighted by atomic mass is 79.9. The van der Waals surface area contributed by atoms with E-state index in [9.17, 15) is 0 Å². The van der Waals surface area contributed by atoms with Gasteiger partial charge in [-0.2, -0.15) is 5.10 Å². The summed E-state index contributed by atoms with van der Waals surface area (Å²) in [7, 11) is 0. The highest BCUT2D eigenvalue weighted by Gasteiger charge is 2.09. The molecule has 74 valence electrons. The Morgan fingerprint density at radius 1 is 1.64 bits per heavy atom. The molecule has 0 bridgehead atoms. The average molecular weight is 277 g/mol. The third kappa shape index (κ3) is 1.57. The van der Waals surface area contributed by atoms with Crippen molar-refractivity contribution >= 4 is 33.2 Å². The van der Waals surface area contributed by atoms with Gasteiger partial charge in [0.1, 0.15) is 4.60 Å². The third-order valence-electron chi connectivity index (χ3n) is 1.66. The first-order valence-corrected chi connectivity index (χ1v) is 5.22. The van der Waals surface area contributed by atoms with Gasteiger partial charge in [-0.15, -0.1) is 0 Å². The molecule has 0 atom stereocenters. The molecule has 14 heavy (non-hydrogen) atoms. The van der Waals surface area contributed by atoms with E-state index in [1.807, 2.05) is 6.92 Å². The van der Waals surface area contributed by atoms with Crippen molar-refractivity contribution in [1.82, 2.24) is 14.6 Å². The average Bonchev–Trinajstić information content (AvgIpc) is 2.49. The maximum Gasteiger partial charge on any atom is 0.197 e. The SMILES string of the molecule is CCOc1cc(Cl)nn2c(Br)cnc12. The number of hydrogen-bond acceptors (Lipinski definition) is 3. The van der Waals surface area contributed by atoms with Crippen molar-refractivity contribution in [1.29, 1.82) is 0 Å². The van der Waals surface area contributed by atoms with E-state index in [4.69, 9.17) is 16.3 Å². The molecule has 0 unspecified atom stereocenters. The number of nitrogens with zero attached hydrogens (tertiary/aromatic N) is 3. The van der Waals surface area contributed by atoms with Crippen LogP contribution in [0, 0.1) is 0 Å². The van der Waals surface area contributed by atoms with Crippen LogP contribution in [0.25, 0.3) is 5.65 Å². The molecule has 4 nitrogen and oxygen atoms in total. The zero-order valence-corrected chi connectivity index (χ0v) is 9.71. The molecular weight excluding hydrogens is 269 g/mol. The lowest BCUT2D eigenvalue weighted by atomic mass is 10.5. The van der Waals surface area contributed by atoms with Crippen LogP contribution >= 0.6 is 27.5 Å². The third-order valence-corrected chi connectivity index (χ3v) is 2.39. The largest absolute Gasteiger partial charge is 0.490 e. The highest BCUT2D eigenvalue weighted by Crippen LogP contribution is 2.24. The molecule has 6 heteroatoms. The van der Waals surface area contributed by atoms with Crippen molar-refractivity contribution < 1.29 is 4.74 Å². The van der Waals surface area contributed by atoms with E-state index < -0.39 is 0 Å². The molecule has 0 saturated carbocycles. The summed E-state index contributed by atoms with van der Waals surface area (Å²) in [5.41, 5.74) is 0.656. The first-order chi connectivity index (χ1) is 6.72. The Kier molecular flexibility index (Phi) is 2.60. The van der Waals surface area contributed by atoms with Crippen LogP contribution in [-0.4, -0.2) is 21.2 Å². The van der Waals surface area contributed by atoms with E-state index in [0.717, 1.165) is 4.60 Å². The normalized spacial score (nSPS) is 10.8. The topological polar surface area (TPSA) is 39.4 Å². The summed E-state index contributed by atoms with van der Waals surface area (Å²) in [4.78, 5) is 4.15. The second-order valence-electron chi connectivity index (χ2n) is 2.58. The van der Waals surface area contributed by atoms with E-state index >= 15 is 0 Å². The summed E-state index contributed by atoms with van der Waals surface area (Å²) >= 11 is 9.14. The molecule has 2 aromatic heterocycles. The van der Waals surface area contributed by atoms with Crippen LogP contribution in [0.3, 0.4) is 0 Å². The maximum absolute atomic E-state index is 5.83. The summed E-state index contributed by atoms with van der Waals surface area (Å²) in [5.74, 6) is 0.637. The summed E-state index contributed by atoms with van der Waals surface area (Å²) in [6.45, 7) is 2.48. The second-order valence-corrected chi connectivity index (χ2v) is 3.78. The molecule has 0 amide bonds. The molecule has 2 heterocycles. The predicted molar refractivity (Wildman–Crippen MR) is 56.9 cm³/mol. The quantitative estimate of drug-likeness (QED) is 0.846. The Labute approximate surface area is 94.0 Å². The standard InChI is InChI=1S/C8H7BrClN3O/c1-2-14-5-3-7(10)12-13-6(9)4-11-8(5)13/h3-4H,2H2,1H3. The smallest absolute Gasteiger partial charge is 0.197 e. The molecule has 2 rings (SSSR count). The van der Waals surface area contributed by atoms with Gasteiger partial charge in [0.2, 0.25) is 0 Å². The number of ether oxygens (including phenoxy) is 1. The fourth-order valence-corrected chi connectivity index (χ4v) is 1.67. The molecule has 0 aliphatic rings. The van der Waals surface area contributed by atoms with Gasteiger partial charge >= 0.3 is 0 Å². The Bertz CT molecular complexity index is 471. The van der Waals surface area contributed by atoms with Crippen LogP contribution in [0.2, 0.25) is 5.15 Å². The van der Waals surface area contributed by atoms with Crippen molar-refractivity contribution in [3.63, 3.8) is 0 Å². The lowest BCUT2D eigenvalue weighted by molar-refractivity contribution is 0.341. The van der Waals surface area contributed by atoms with E-state index in [1.165, 1.54) is 0 Å². The van der Waals surface area contributed by atoms with Crippen molar-refractivity contribution in [2.45, 2.75) is 6.92 Å². The molecule has 0 spiro atoms. The molecule has 0 N–H and O–H groups in total. The number of halogens is 2. The van der Waals surface area contributed by atoms with Gasteiger partial charge in [-0.05, 0) is 22.9 Å². The van der Waals surface area contributed by atoms with E-state index in [1.54, 1.807) is 16.8 Å². The molecule has 0 radical (unpaired) electrons. The number of rotatable bonds is 2. The maximum atomic E-state index is 5.83. The minimum atomic E-state index is 0.375. The van der Waals surface area contributed by atoms with Gasteiger partial charge in [-0.1, -0.05) is 11.6 Å². The van der Waals surface area contributed by atoms with E-state index in [0.29, 0.717) is 23.2 Å². The van der Waals surface area contributed by atoms with Crippen LogP contribution in [-0.2, 0) is 0 Å². The van der Waals surface area contributed by atoms with E-state index in [2.05, 4.69) is 26.0 Å². The molecule has 0 aliphatic heterocycles. The Morgan fingerprint density at radius 3 is 3.14 bits per heavy atom. The molecule has 0 aromatic carbocycles. The van der Waals surface area contributed by atoms with Gasteiger partial charge in [0.05, 0.1) is 12.8 Å². The summed E-state index contributed by atoms with van der Waals surface area (Å²) in [5, 5.41) is 4.45. The zero-order chi connectivity index (χ0) is 10.1. The Morgan fingerprint density at radius 2 is 2.43 bits per heavy atom. The summed E-state index contributed by atoms with van der Waals surface area (Å²) < 4.78 is 7.72. The summed E-state index contributed by atoms with van der Waals surface area (Å²) in [6, 6.07) is 1.65. The molecule has 0 aliphatic carbocycles. The van der Waals surface area contributed by atoms with Crippen LogP contribution in [0.15, 0.2) is 16.9 Å². The number of aromatic nitrogens is 3. The predicted octanol–water partition coefficient (Wildman–Crippen LogP) is 2.54. The zero-order valence-electron chi connectivity index (χ0n) is 7.37. The number of imidazole rings is 1. The first-order valence-electron chi connectivity index (χ1n) is 4.05. The van der Waals surface area contributed by atoms with Gasteiger partial charge in [-0.25, -0.2) is 9.50 Å². The molecule has 2 aromatic rings. The lowest BCUT2D eigenvalue weighted by Crippen LogP contribution is -1.98. The van der Waals surface area contributed by atoms with Crippen molar-refractivity contribution in [3.8, 4) is 5.75 Å². The molecular formula is C8H7BrClN3O. The van der Waals surface area contributed by atoms with Gasteiger partial charge < -0.3 is 4.74 Å². The lowest BCUT2D eigenvalue weighted by Gasteiger charge is -2.04. The van der Waals surface area contributed by atoms with Crippen LogP contribution in [0.4, 0.5) is 0 Å². The Balaban J connectivity index is 2.68. The fourth-order valence-electron chi connectivity index (χ4n) is 1.15. The van der Waals surface area contributed by atoms with E-state index in [-0.39, 0.29) is 0 Å². The van der Waals surface area contributed by atoms with Gasteiger partial charge in [-0.3, -0.25) is 0 Å². The molecule has 0 saturated heterocycles. The molecule has 0 fully saturated rings. The first kappa shape index (κ1) is 9.73. The van der Waals surface area contributed by atoms with Crippen LogP contribution in [0.1, 0.15) is 6.92 Å². The minimum Gasteiger partial charge on any atom is -0.490 e. The minimum absolute atomic E-state index is 0.375. The fraction of sp³-hybridized carbons (Fsp3) is 0.250. The monoisotopic (exact) mass is 275 g/mol.